The number of benzene rings is 1. The van der Waals surface area contributed by atoms with Gasteiger partial charge in [0.2, 0.25) is 0 Å². The SMILES string of the molecule is COC(=O)CNC(=O)N1CCCN(c2nc3ccccc3n3cccc23)CC1. The standard InChI is InChI=1S/C20H23N5O3/c1-28-18(26)14-21-20(27)24-10-5-9-23(12-13-24)19-17-8-4-11-25(17)16-7-3-2-6-15(16)22-19/h2-4,6-8,11H,5,9-10,12-14H2,1H3,(H,21,27). The molecule has 0 radical (unpaired) electrons. The Morgan fingerprint density at radius 2 is 1.89 bits per heavy atom. The van der Waals surface area contributed by atoms with Crippen molar-refractivity contribution in [3.63, 3.8) is 0 Å². The molecule has 0 spiro atoms. The average Bonchev–Trinajstić information content (AvgIpc) is 3.09. The normalized spacial score (nSPS) is 14.9. The summed E-state index contributed by atoms with van der Waals surface area (Å²) in [4.78, 5) is 32.4. The number of anilines is 1. The van der Waals surface area contributed by atoms with Gasteiger partial charge in [-0.05, 0) is 30.7 Å². The van der Waals surface area contributed by atoms with Gasteiger partial charge in [0.25, 0.3) is 0 Å². The lowest BCUT2D eigenvalue weighted by Gasteiger charge is -2.24. The monoisotopic (exact) mass is 381 g/mol. The van der Waals surface area contributed by atoms with Crippen LogP contribution in [-0.2, 0) is 9.53 Å². The molecule has 1 saturated heterocycles. The molecule has 0 saturated carbocycles. The number of hydrogen-bond donors (Lipinski definition) is 1. The highest BCUT2D eigenvalue weighted by Gasteiger charge is 2.22. The number of aromatic nitrogens is 2. The van der Waals surface area contributed by atoms with Crippen LogP contribution in [0.5, 0.6) is 0 Å². The van der Waals surface area contributed by atoms with Crippen molar-refractivity contribution in [2.24, 2.45) is 0 Å². The molecule has 8 nitrogen and oxygen atoms in total. The Kier molecular flexibility index (Phi) is 5.01. The molecule has 1 fully saturated rings. The van der Waals surface area contributed by atoms with Crippen LogP contribution >= 0.6 is 0 Å². The summed E-state index contributed by atoms with van der Waals surface area (Å²) >= 11 is 0. The maximum atomic E-state index is 12.3. The lowest BCUT2D eigenvalue weighted by Crippen LogP contribution is -2.44. The molecule has 0 aliphatic carbocycles. The first-order chi connectivity index (χ1) is 13.7. The van der Waals surface area contributed by atoms with Crippen LogP contribution in [0.3, 0.4) is 0 Å². The molecule has 1 N–H and O–H groups in total. The van der Waals surface area contributed by atoms with E-state index in [1.165, 1.54) is 7.11 Å². The first-order valence-corrected chi connectivity index (χ1v) is 9.38. The van der Waals surface area contributed by atoms with Gasteiger partial charge in [0, 0.05) is 32.4 Å². The number of nitrogens with one attached hydrogen (secondary N) is 1. The molecule has 146 valence electrons. The molecular weight excluding hydrogens is 358 g/mol. The topological polar surface area (TPSA) is 79.2 Å². The van der Waals surface area contributed by atoms with Gasteiger partial charge in [-0.1, -0.05) is 12.1 Å². The number of ether oxygens (including phenoxy) is 1. The summed E-state index contributed by atoms with van der Waals surface area (Å²) in [5.41, 5.74) is 3.07. The van der Waals surface area contributed by atoms with E-state index in [4.69, 9.17) is 4.98 Å². The third-order valence-electron chi connectivity index (χ3n) is 5.04. The molecule has 1 aliphatic heterocycles. The van der Waals surface area contributed by atoms with Crippen molar-refractivity contribution in [3.8, 4) is 0 Å². The van der Waals surface area contributed by atoms with Gasteiger partial charge in [-0.2, -0.15) is 0 Å². The molecule has 0 atom stereocenters. The quantitative estimate of drug-likeness (QED) is 0.701. The van der Waals surface area contributed by atoms with Crippen LogP contribution in [0.25, 0.3) is 16.6 Å². The van der Waals surface area contributed by atoms with Crippen molar-refractivity contribution in [1.82, 2.24) is 19.6 Å². The first kappa shape index (κ1) is 18.1. The third-order valence-corrected chi connectivity index (χ3v) is 5.04. The second-order valence-electron chi connectivity index (χ2n) is 6.75. The minimum absolute atomic E-state index is 0.118. The number of para-hydroxylation sites is 2. The Morgan fingerprint density at radius 1 is 1.07 bits per heavy atom. The third kappa shape index (κ3) is 3.45. The first-order valence-electron chi connectivity index (χ1n) is 9.38. The van der Waals surface area contributed by atoms with E-state index in [1.54, 1.807) is 4.90 Å². The fraction of sp³-hybridized carbons (Fsp3) is 0.350. The highest BCUT2D eigenvalue weighted by Crippen LogP contribution is 2.26. The zero-order valence-electron chi connectivity index (χ0n) is 15.8. The number of carbonyl (C=O) groups is 2. The number of fused-ring (bicyclic) bond motifs is 3. The Balaban J connectivity index is 1.53. The van der Waals surface area contributed by atoms with Crippen molar-refractivity contribution >= 4 is 34.4 Å². The van der Waals surface area contributed by atoms with Crippen LogP contribution in [0.15, 0.2) is 42.6 Å². The van der Waals surface area contributed by atoms with Gasteiger partial charge >= 0.3 is 12.0 Å². The van der Waals surface area contributed by atoms with Gasteiger partial charge in [-0.3, -0.25) is 4.79 Å². The van der Waals surface area contributed by atoms with E-state index in [1.807, 2.05) is 30.5 Å². The van der Waals surface area contributed by atoms with Crippen LogP contribution in [0.1, 0.15) is 6.42 Å². The molecule has 1 aromatic carbocycles. The van der Waals surface area contributed by atoms with E-state index in [-0.39, 0.29) is 12.6 Å². The zero-order valence-corrected chi connectivity index (χ0v) is 15.8. The molecule has 3 aromatic rings. The van der Waals surface area contributed by atoms with Crippen molar-refractivity contribution in [3.05, 3.63) is 42.6 Å². The number of methoxy groups -OCH3 is 1. The van der Waals surface area contributed by atoms with E-state index < -0.39 is 5.97 Å². The van der Waals surface area contributed by atoms with Crippen molar-refractivity contribution in [2.45, 2.75) is 6.42 Å². The number of nitrogens with zero attached hydrogens (tertiary/aromatic N) is 4. The summed E-state index contributed by atoms with van der Waals surface area (Å²) in [5.74, 6) is 0.473. The molecule has 1 aliphatic rings. The highest BCUT2D eigenvalue weighted by atomic mass is 16.5. The van der Waals surface area contributed by atoms with Crippen LogP contribution in [-0.4, -0.2) is 66.1 Å². The molecule has 4 rings (SSSR count). The number of urea groups is 1. The van der Waals surface area contributed by atoms with Crippen molar-refractivity contribution < 1.29 is 14.3 Å². The number of rotatable bonds is 3. The van der Waals surface area contributed by atoms with E-state index >= 15 is 0 Å². The lowest BCUT2D eigenvalue weighted by molar-refractivity contribution is -0.139. The van der Waals surface area contributed by atoms with Gasteiger partial charge in [-0.15, -0.1) is 0 Å². The largest absolute Gasteiger partial charge is 0.468 e. The molecule has 3 heterocycles. The number of amides is 2. The second-order valence-corrected chi connectivity index (χ2v) is 6.75. The molecule has 0 bridgehead atoms. The van der Waals surface area contributed by atoms with Gasteiger partial charge in [0.15, 0.2) is 5.82 Å². The summed E-state index contributed by atoms with van der Waals surface area (Å²) in [7, 11) is 1.30. The van der Waals surface area contributed by atoms with E-state index in [0.717, 1.165) is 35.3 Å². The van der Waals surface area contributed by atoms with Crippen LogP contribution in [0, 0.1) is 0 Å². The van der Waals surface area contributed by atoms with Crippen LogP contribution in [0.2, 0.25) is 0 Å². The number of hydrogen-bond acceptors (Lipinski definition) is 5. The van der Waals surface area contributed by atoms with E-state index in [9.17, 15) is 9.59 Å². The molecule has 2 aromatic heterocycles. The predicted octanol–water partition coefficient (Wildman–Crippen LogP) is 1.88. The maximum absolute atomic E-state index is 12.3. The van der Waals surface area contributed by atoms with Crippen LogP contribution < -0.4 is 10.2 Å². The molecule has 2 amide bonds. The molecule has 28 heavy (non-hydrogen) atoms. The van der Waals surface area contributed by atoms with Gasteiger partial charge in [-0.25, -0.2) is 9.78 Å². The molecular formula is C20H23N5O3. The summed E-state index contributed by atoms with van der Waals surface area (Å²) in [5, 5.41) is 2.61. The zero-order chi connectivity index (χ0) is 19.5. The smallest absolute Gasteiger partial charge is 0.325 e. The van der Waals surface area contributed by atoms with Gasteiger partial charge in [0.1, 0.15) is 6.54 Å². The fourth-order valence-electron chi connectivity index (χ4n) is 3.60. The van der Waals surface area contributed by atoms with Crippen molar-refractivity contribution in [1.29, 1.82) is 0 Å². The van der Waals surface area contributed by atoms with E-state index in [0.29, 0.717) is 19.6 Å². The summed E-state index contributed by atoms with van der Waals surface area (Å²) in [6, 6.07) is 11.9. The Morgan fingerprint density at radius 3 is 2.75 bits per heavy atom. The maximum Gasteiger partial charge on any atom is 0.325 e. The summed E-state index contributed by atoms with van der Waals surface area (Å²) in [6.07, 6.45) is 2.88. The molecule has 8 heteroatoms. The minimum Gasteiger partial charge on any atom is -0.468 e. The predicted molar refractivity (Wildman–Crippen MR) is 107 cm³/mol. The summed E-state index contributed by atoms with van der Waals surface area (Å²) < 4.78 is 6.72. The van der Waals surface area contributed by atoms with E-state index in [2.05, 4.69) is 31.5 Å². The second kappa shape index (κ2) is 7.75. The number of esters is 1. The lowest BCUT2D eigenvalue weighted by atomic mass is 10.3. The van der Waals surface area contributed by atoms with Gasteiger partial charge < -0.3 is 24.3 Å². The molecule has 0 unspecified atom stereocenters. The number of carbonyl (C=O) groups excluding carboxylic acids is 2. The highest BCUT2D eigenvalue weighted by molar-refractivity contribution is 5.85. The Bertz CT molecular complexity index is 1020. The average molecular weight is 381 g/mol. The van der Waals surface area contributed by atoms with Crippen molar-refractivity contribution in [2.75, 3.05) is 44.7 Å². The van der Waals surface area contributed by atoms with Gasteiger partial charge in [0.05, 0.1) is 23.7 Å². The van der Waals surface area contributed by atoms with Crippen LogP contribution in [0.4, 0.5) is 10.6 Å². The Hall–Kier alpha value is -3.29. The fourth-order valence-corrected chi connectivity index (χ4v) is 3.60. The Labute approximate surface area is 162 Å². The minimum atomic E-state index is -0.458. The summed E-state index contributed by atoms with van der Waals surface area (Å²) in [6.45, 7) is 2.57.